The molecular formula is C16H21F2NO2. The molecule has 3 nitrogen and oxygen atoms in total. The Balaban J connectivity index is 1.96. The SMILES string of the molecule is CC(N[C@@H](CC(F)(F)CC1CC1)C(=O)O)c1ccccc1. The molecule has 0 heterocycles. The van der Waals surface area contributed by atoms with Crippen LogP contribution in [0.4, 0.5) is 8.78 Å². The maximum atomic E-state index is 13.9. The van der Waals surface area contributed by atoms with Crippen LogP contribution >= 0.6 is 0 Å². The van der Waals surface area contributed by atoms with E-state index in [4.69, 9.17) is 0 Å². The van der Waals surface area contributed by atoms with Crippen LogP contribution in [0.2, 0.25) is 0 Å². The van der Waals surface area contributed by atoms with E-state index < -0.39 is 24.4 Å². The number of alkyl halides is 2. The van der Waals surface area contributed by atoms with E-state index in [1.807, 2.05) is 30.3 Å². The monoisotopic (exact) mass is 297 g/mol. The summed E-state index contributed by atoms with van der Waals surface area (Å²) in [5.41, 5.74) is 0.884. The molecule has 2 atom stereocenters. The second-order valence-corrected chi connectivity index (χ2v) is 5.90. The Labute approximate surface area is 123 Å². The second-order valence-electron chi connectivity index (χ2n) is 5.90. The zero-order valence-corrected chi connectivity index (χ0v) is 12.1. The average Bonchev–Trinajstić information content (AvgIpc) is 3.21. The van der Waals surface area contributed by atoms with Crippen molar-refractivity contribution >= 4 is 5.97 Å². The molecule has 116 valence electrons. The van der Waals surface area contributed by atoms with Crippen molar-refractivity contribution in [3.8, 4) is 0 Å². The Bertz CT molecular complexity index is 474. The van der Waals surface area contributed by atoms with Crippen LogP contribution in [-0.4, -0.2) is 23.0 Å². The molecule has 0 saturated heterocycles. The molecule has 1 saturated carbocycles. The highest BCUT2D eigenvalue weighted by atomic mass is 19.3. The van der Waals surface area contributed by atoms with Crippen molar-refractivity contribution in [1.82, 2.24) is 5.32 Å². The van der Waals surface area contributed by atoms with Gasteiger partial charge in [0, 0.05) is 18.9 Å². The van der Waals surface area contributed by atoms with Gasteiger partial charge in [-0.25, -0.2) is 8.78 Å². The summed E-state index contributed by atoms with van der Waals surface area (Å²) in [6, 6.07) is 7.70. The maximum absolute atomic E-state index is 13.9. The number of nitrogens with one attached hydrogen (secondary N) is 1. The van der Waals surface area contributed by atoms with E-state index in [9.17, 15) is 18.7 Å². The Hall–Kier alpha value is -1.49. The van der Waals surface area contributed by atoms with Crippen LogP contribution < -0.4 is 5.32 Å². The summed E-state index contributed by atoms with van der Waals surface area (Å²) in [5, 5.41) is 12.0. The number of halogens is 2. The number of carboxylic acids is 1. The van der Waals surface area contributed by atoms with Crippen molar-refractivity contribution < 1.29 is 18.7 Å². The van der Waals surface area contributed by atoms with Gasteiger partial charge in [0.1, 0.15) is 6.04 Å². The quantitative estimate of drug-likeness (QED) is 0.770. The highest BCUT2D eigenvalue weighted by Gasteiger charge is 2.41. The molecule has 1 aromatic carbocycles. The number of carboxylic acid groups (broad SMARTS) is 1. The summed E-state index contributed by atoms with van der Waals surface area (Å²) in [4.78, 5) is 11.2. The van der Waals surface area contributed by atoms with Crippen molar-refractivity contribution in [3.05, 3.63) is 35.9 Å². The van der Waals surface area contributed by atoms with Crippen LogP contribution in [0.1, 0.15) is 44.2 Å². The number of aliphatic carboxylic acids is 1. The third-order valence-corrected chi connectivity index (χ3v) is 3.84. The Kier molecular flexibility index (Phi) is 4.93. The van der Waals surface area contributed by atoms with Crippen LogP contribution in [0.3, 0.4) is 0 Å². The Morgan fingerprint density at radius 1 is 1.38 bits per heavy atom. The number of benzene rings is 1. The first-order valence-electron chi connectivity index (χ1n) is 7.29. The fourth-order valence-electron chi connectivity index (χ4n) is 2.48. The van der Waals surface area contributed by atoms with Crippen molar-refractivity contribution in [3.63, 3.8) is 0 Å². The summed E-state index contributed by atoms with van der Waals surface area (Å²) in [6.45, 7) is 1.78. The van der Waals surface area contributed by atoms with E-state index in [0.29, 0.717) is 0 Å². The molecule has 0 aliphatic heterocycles. The largest absolute Gasteiger partial charge is 0.480 e. The first kappa shape index (κ1) is 15.9. The van der Waals surface area contributed by atoms with E-state index in [1.165, 1.54) is 0 Å². The van der Waals surface area contributed by atoms with Gasteiger partial charge >= 0.3 is 5.97 Å². The lowest BCUT2D eigenvalue weighted by Gasteiger charge is -2.24. The molecule has 0 amide bonds. The molecule has 0 spiro atoms. The number of carbonyl (C=O) groups is 1. The lowest BCUT2D eigenvalue weighted by molar-refractivity contribution is -0.143. The van der Waals surface area contributed by atoms with Crippen LogP contribution in [0, 0.1) is 5.92 Å². The van der Waals surface area contributed by atoms with Gasteiger partial charge in [0.25, 0.3) is 5.92 Å². The van der Waals surface area contributed by atoms with Gasteiger partial charge in [0.2, 0.25) is 0 Å². The van der Waals surface area contributed by atoms with Gasteiger partial charge in [-0.05, 0) is 31.2 Å². The van der Waals surface area contributed by atoms with E-state index >= 15 is 0 Å². The molecule has 2 rings (SSSR count). The molecule has 1 aromatic rings. The smallest absolute Gasteiger partial charge is 0.320 e. The standard InChI is InChI=1S/C16H21F2NO2/c1-11(13-5-3-2-4-6-13)19-14(15(20)21)10-16(17,18)9-12-7-8-12/h2-6,11-12,14,19H,7-10H2,1H3,(H,20,21)/t11?,14-/m0/s1. The highest BCUT2D eigenvalue weighted by molar-refractivity contribution is 5.73. The lowest BCUT2D eigenvalue weighted by Crippen LogP contribution is -2.42. The molecule has 0 radical (unpaired) electrons. The zero-order chi connectivity index (χ0) is 15.5. The molecule has 1 fully saturated rings. The lowest BCUT2D eigenvalue weighted by atomic mass is 10.0. The topological polar surface area (TPSA) is 49.3 Å². The summed E-state index contributed by atoms with van der Waals surface area (Å²) >= 11 is 0. The van der Waals surface area contributed by atoms with Gasteiger partial charge < -0.3 is 5.11 Å². The van der Waals surface area contributed by atoms with E-state index in [0.717, 1.165) is 18.4 Å². The summed E-state index contributed by atoms with van der Waals surface area (Å²) in [5.74, 6) is -4.08. The fraction of sp³-hybridized carbons (Fsp3) is 0.562. The zero-order valence-electron chi connectivity index (χ0n) is 12.1. The first-order valence-corrected chi connectivity index (χ1v) is 7.29. The molecule has 2 N–H and O–H groups in total. The summed E-state index contributed by atoms with van der Waals surface area (Å²) in [6.07, 6.45) is 0.816. The minimum atomic E-state index is -2.92. The molecule has 1 aliphatic rings. The third kappa shape index (κ3) is 5.08. The van der Waals surface area contributed by atoms with Gasteiger partial charge in [-0.15, -0.1) is 0 Å². The fourth-order valence-corrected chi connectivity index (χ4v) is 2.48. The number of hydrogen-bond donors (Lipinski definition) is 2. The molecule has 1 aliphatic carbocycles. The third-order valence-electron chi connectivity index (χ3n) is 3.84. The number of hydrogen-bond acceptors (Lipinski definition) is 2. The van der Waals surface area contributed by atoms with Crippen LogP contribution in [0.25, 0.3) is 0 Å². The van der Waals surface area contributed by atoms with Crippen molar-refractivity contribution in [2.75, 3.05) is 0 Å². The highest BCUT2D eigenvalue weighted by Crippen LogP contribution is 2.41. The first-order chi connectivity index (χ1) is 9.87. The van der Waals surface area contributed by atoms with Crippen LogP contribution in [0.5, 0.6) is 0 Å². The molecule has 1 unspecified atom stereocenters. The van der Waals surface area contributed by atoms with Crippen molar-refractivity contribution in [1.29, 1.82) is 0 Å². The molecule has 5 heteroatoms. The van der Waals surface area contributed by atoms with Gasteiger partial charge in [-0.3, -0.25) is 10.1 Å². The predicted octanol–water partition coefficient (Wildman–Crippen LogP) is 3.62. The van der Waals surface area contributed by atoms with Gasteiger partial charge in [-0.2, -0.15) is 0 Å². The second kappa shape index (κ2) is 6.52. The minimum absolute atomic E-state index is 0.0704. The van der Waals surface area contributed by atoms with E-state index in [1.54, 1.807) is 6.92 Å². The average molecular weight is 297 g/mol. The Morgan fingerprint density at radius 2 is 2.00 bits per heavy atom. The van der Waals surface area contributed by atoms with E-state index in [2.05, 4.69) is 5.32 Å². The molecule has 0 bridgehead atoms. The summed E-state index contributed by atoms with van der Waals surface area (Å²) < 4.78 is 27.7. The molecular weight excluding hydrogens is 276 g/mol. The van der Waals surface area contributed by atoms with Crippen molar-refractivity contribution in [2.45, 2.75) is 50.6 Å². The van der Waals surface area contributed by atoms with Gasteiger partial charge in [-0.1, -0.05) is 30.3 Å². The van der Waals surface area contributed by atoms with Crippen LogP contribution in [-0.2, 0) is 4.79 Å². The Morgan fingerprint density at radius 3 is 2.52 bits per heavy atom. The van der Waals surface area contributed by atoms with E-state index in [-0.39, 0.29) is 18.4 Å². The minimum Gasteiger partial charge on any atom is -0.480 e. The van der Waals surface area contributed by atoms with Crippen molar-refractivity contribution in [2.24, 2.45) is 5.92 Å². The molecule has 0 aromatic heterocycles. The van der Waals surface area contributed by atoms with Gasteiger partial charge in [0.05, 0.1) is 0 Å². The summed E-state index contributed by atoms with van der Waals surface area (Å²) in [7, 11) is 0. The van der Waals surface area contributed by atoms with Gasteiger partial charge in [0.15, 0.2) is 0 Å². The maximum Gasteiger partial charge on any atom is 0.320 e. The molecule has 21 heavy (non-hydrogen) atoms. The van der Waals surface area contributed by atoms with Crippen LogP contribution in [0.15, 0.2) is 30.3 Å². The number of rotatable bonds is 8. The normalized spacial score (nSPS) is 18.2. The predicted molar refractivity (Wildman–Crippen MR) is 76.3 cm³/mol.